The second-order valence-corrected chi connectivity index (χ2v) is 2.94. The van der Waals surface area contributed by atoms with Crippen molar-refractivity contribution in [3.05, 3.63) is 29.8 Å². The van der Waals surface area contributed by atoms with Crippen LogP contribution >= 0.6 is 0 Å². The predicted octanol–water partition coefficient (Wildman–Crippen LogP) is 1.03. The van der Waals surface area contributed by atoms with Crippen molar-refractivity contribution in [2.24, 2.45) is 11.7 Å². The molecule has 3 heteroatoms. The van der Waals surface area contributed by atoms with Gasteiger partial charge in [-0.3, -0.25) is 0 Å². The minimum absolute atomic E-state index is 0.165. The molecular formula is C10H12N2O. The fourth-order valence-electron chi connectivity index (χ4n) is 1.15. The molecule has 1 aromatic carbocycles. The first-order valence-electron chi connectivity index (χ1n) is 4.14. The average Bonchev–Trinajstić information content (AvgIpc) is 2.14. The summed E-state index contributed by atoms with van der Waals surface area (Å²) in [6.45, 7) is 0.353. The Balaban J connectivity index is 2.69. The zero-order chi connectivity index (χ0) is 9.68. The lowest BCUT2D eigenvalue weighted by molar-refractivity contribution is 0.474. The van der Waals surface area contributed by atoms with Crippen LogP contribution in [0.3, 0.4) is 0 Å². The molecule has 1 unspecified atom stereocenters. The Bertz CT molecular complexity index is 317. The molecule has 3 nitrogen and oxygen atoms in total. The van der Waals surface area contributed by atoms with Crippen molar-refractivity contribution < 1.29 is 5.11 Å². The van der Waals surface area contributed by atoms with E-state index in [1.165, 1.54) is 0 Å². The van der Waals surface area contributed by atoms with Crippen LogP contribution in [0.4, 0.5) is 0 Å². The molecule has 0 spiro atoms. The number of phenols is 1. The zero-order valence-electron chi connectivity index (χ0n) is 7.27. The van der Waals surface area contributed by atoms with E-state index in [-0.39, 0.29) is 11.7 Å². The maximum absolute atomic E-state index is 9.16. The molecule has 0 aliphatic rings. The number of benzene rings is 1. The van der Waals surface area contributed by atoms with Crippen LogP contribution in [0.15, 0.2) is 24.3 Å². The van der Waals surface area contributed by atoms with E-state index >= 15 is 0 Å². The van der Waals surface area contributed by atoms with Crippen LogP contribution in [-0.2, 0) is 6.42 Å². The monoisotopic (exact) mass is 176 g/mol. The molecule has 0 radical (unpaired) electrons. The van der Waals surface area contributed by atoms with Crippen LogP contribution in [0.25, 0.3) is 0 Å². The summed E-state index contributed by atoms with van der Waals surface area (Å²) in [6, 6.07) is 9.00. The van der Waals surface area contributed by atoms with Gasteiger partial charge in [0.25, 0.3) is 0 Å². The van der Waals surface area contributed by atoms with Gasteiger partial charge in [0.05, 0.1) is 12.0 Å². The third-order valence-corrected chi connectivity index (χ3v) is 1.86. The molecule has 3 N–H and O–H groups in total. The molecule has 0 saturated carbocycles. The first-order valence-corrected chi connectivity index (χ1v) is 4.14. The molecule has 1 rings (SSSR count). The second-order valence-electron chi connectivity index (χ2n) is 2.94. The summed E-state index contributed by atoms with van der Waals surface area (Å²) in [7, 11) is 0. The van der Waals surface area contributed by atoms with Crippen molar-refractivity contribution in [1.29, 1.82) is 5.26 Å². The number of phenolic OH excluding ortho intramolecular Hbond substituents is 1. The zero-order valence-corrected chi connectivity index (χ0v) is 7.27. The second kappa shape index (κ2) is 4.48. The number of nitriles is 1. The minimum Gasteiger partial charge on any atom is -0.508 e. The van der Waals surface area contributed by atoms with Crippen LogP contribution in [0.1, 0.15) is 5.56 Å². The van der Waals surface area contributed by atoms with Crippen LogP contribution in [0.5, 0.6) is 5.75 Å². The van der Waals surface area contributed by atoms with Crippen molar-refractivity contribution in [3.63, 3.8) is 0 Å². The SMILES string of the molecule is N#CC(CN)Cc1cccc(O)c1. The number of hydrogen-bond donors (Lipinski definition) is 2. The summed E-state index contributed by atoms with van der Waals surface area (Å²) in [5.74, 6) is 0.0630. The van der Waals surface area contributed by atoms with Gasteiger partial charge in [-0.1, -0.05) is 12.1 Å². The Labute approximate surface area is 77.4 Å². The first-order chi connectivity index (χ1) is 6.26. The standard InChI is InChI=1S/C10H12N2O/c11-6-9(7-12)4-8-2-1-3-10(13)5-8/h1-3,5,9,13H,4,6,11H2. The van der Waals surface area contributed by atoms with Crippen LogP contribution < -0.4 is 5.73 Å². The summed E-state index contributed by atoms with van der Waals surface area (Å²) >= 11 is 0. The number of nitrogens with zero attached hydrogens (tertiary/aromatic N) is 1. The average molecular weight is 176 g/mol. The van der Waals surface area contributed by atoms with E-state index in [9.17, 15) is 0 Å². The van der Waals surface area contributed by atoms with Crippen LogP contribution in [-0.4, -0.2) is 11.7 Å². The van der Waals surface area contributed by atoms with E-state index in [1.807, 2.05) is 6.07 Å². The van der Waals surface area contributed by atoms with Gasteiger partial charge in [-0.05, 0) is 24.1 Å². The molecule has 0 aliphatic heterocycles. The molecule has 0 aromatic heterocycles. The maximum atomic E-state index is 9.16. The van der Waals surface area contributed by atoms with Crippen molar-refractivity contribution in [3.8, 4) is 11.8 Å². The van der Waals surface area contributed by atoms with Gasteiger partial charge >= 0.3 is 0 Å². The minimum atomic E-state index is -0.165. The van der Waals surface area contributed by atoms with Crippen molar-refractivity contribution in [2.45, 2.75) is 6.42 Å². The number of aromatic hydroxyl groups is 1. The quantitative estimate of drug-likeness (QED) is 0.722. The molecule has 1 atom stereocenters. The summed E-state index contributed by atoms with van der Waals surface area (Å²) in [5, 5.41) is 17.8. The summed E-state index contributed by atoms with van der Waals surface area (Å²) in [4.78, 5) is 0. The van der Waals surface area contributed by atoms with E-state index in [2.05, 4.69) is 6.07 Å². The fraction of sp³-hybridized carbons (Fsp3) is 0.300. The van der Waals surface area contributed by atoms with Crippen LogP contribution in [0.2, 0.25) is 0 Å². The van der Waals surface area contributed by atoms with E-state index in [0.717, 1.165) is 5.56 Å². The third-order valence-electron chi connectivity index (χ3n) is 1.86. The Morgan fingerprint density at radius 1 is 1.54 bits per heavy atom. The Hall–Kier alpha value is -1.53. The highest BCUT2D eigenvalue weighted by Gasteiger charge is 2.05. The van der Waals surface area contributed by atoms with Gasteiger partial charge < -0.3 is 10.8 Å². The van der Waals surface area contributed by atoms with Crippen molar-refractivity contribution >= 4 is 0 Å². The lowest BCUT2D eigenvalue weighted by atomic mass is 10.0. The van der Waals surface area contributed by atoms with Gasteiger partial charge in [0.2, 0.25) is 0 Å². The van der Waals surface area contributed by atoms with E-state index in [4.69, 9.17) is 16.1 Å². The highest BCUT2D eigenvalue weighted by atomic mass is 16.3. The molecule has 0 saturated heterocycles. The van der Waals surface area contributed by atoms with E-state index in [1.54, 1.807) is 18.2 Å². The molecular weight excluding hydrogens is 164 g/mol. The molecule has 13 heavy (non-hydrogen) atoms. The Morgan fingerprint density at radius 2 is 2.31 bits per heavy atom. The molecule has 0 heterocycles. The molecule has 68 valence electrons. The highest BCUT2D eigenvalue weighted by Crippen LogP contribution is 2.13. The summed E-state index contributed by atoms with van der Waals surface area (Å²) < 4.78 is 0. The third kappa shape index (κ3) is 2.77. The maximum Gasteiger partial charge on any atom is 0.115 e. The lowest BCUT2D eigenvalue weighted by Gasteiger charge is -2.05. The first kappa shape index (κ1) is 9.56. The van der Waals surface area contributed by atoms with E-state index < -0.39 is 0 Å². The van der Waals surface area contributed by atoms with Crippen LogP contribution in [0, 0.1) is 17.2 Å². The summed E-state index contributed by atoms with van der Waals surface area (Å²) in [6.07, 6.45) is 0.599. The van der Waals surface area contributed by atoms with Gasteiger partial charge in [0.15, 0.2) is 0 Å². The van der Waals surface area contributed by atoms with E-state index in [0.29, 0.717) is 13.0 Å². The molecule has 0 amide bonds. The number of nitrogens with two attached hydrogens (primary N) is 1. The largest absolute Gasteiger partial charge is 0.508 e. The lowest BCUT2D eigenvalue weighted by Crippen LogP contribution is -2.14. The fourth-order valence-corrected chi connectivity index (χ4v) is 1.15. The Kier molecular flexibility index (Phi) is 3.30. The smallest absolute Gasteiger partial charge is 0.115 e. The van der Waals surface area contributed by atoms with Gasteiger partial charge in [0.1, 0.15) is 5.75 Å². The van der Waals surface area contributed by atoms with Gasteiger partial charge in [-0.15, -0.1) is 0 Å². The molecule has 0 bridgehead atoms. The van der Waals surface area contributed by atoms with Gasteiger partial charge in [-0.25, -0.2) is 0 Å². The number of hydrogen-bond acceptors (Lipinski definition) is 3. The molecule has 0 aliphatic carbocycles. The topological polar surface area (TPSA) is 70.0 Å². The Morgan fingerprint density at radius 3 is 2.85 bits per heavy atom. The predicted molar refractivity (Wildman–Crippen MR) is 50.0 cm³/mol. The molecule has 0 fully saturated rings. The van der Waals surface area contributed by atoms with Crippen molar-refractivity contribution in [1.82, 2.24) is 0 Å². The normalized spacial score (nSPS) is 12.0. The van der Waals surface area contributed by atoms with Gasteiger partial charge in [0, 0.05) is 6.54 Å². The van der Waals surface area contributed by atoms with Crippen molar-refractivity contribution in [2.75, 3.05) is 6.54 Å². The molecule has 1 aromatic rings. The number of rotatable bonds is 3. The highest BCUT2D eigenvalue weighted by molar-refractivity contribution is 5.27. The van der Waals surface area contributed by atoms with Gasteiger partial charge in [-0.2, -0.15) is 5.26 Å². The summed E-state index contributed by atoms with van der Waals surface area (Å²) in [5.41, 5.74) is 6.33.